The summed E-state index contributed by atoms with van der Waals surface area (Å²) < 4.78 is 5.62. The summed E-state index contributed by atoms with van der Waals surface area (Å²) in [4.78, 5) is 0. The minimum absolute atomic E-state index is 0.676. The van der Waals surface area contributed by atoms with Gasteiger partial charge in [0.15, 0.2) is 0 Å². The Morgan fingerprint density at radius 2 is 1.72 bits per heavy atom. The summed E-state index contributed by atoms with van der Waals surface area (Å²) in [7, 11) is 0. The molecule has 2 nitrogen and oxygen atoms in total. The molecule has 18 heavy (non-hydrogen) atoms. The molecule has 94 valence electrons. The van der Waals surface area contributed by atoms with Gasteiger partial charge in [0.05, 0.1) is 6.61 Å². The number of benzene rings is 2. The van der Waals surface area contributed by atoms with Gasteiger partial charge in [-0.1, -0.05) is 29.8 Å². The lowest BCUT2D eigenvalue weighted by Gasteiger charge is -2.07. The topological polar surface area (TPSA) is 35.2 Å². The van der Waals surface area contributed by atoms with Gasteiger partial charge in [0, 0.05) is 10.7 Å². The summed E-state index contributed by atoms with van der Waals surface area (Å²) in [5.41, 5.74) is 7.52. The van der Waals surface area contributed by atoms with Crippen molar-refractivity contribution in [3.05, 3.63) is 59.1 Å². The van der Waals surface area contributed by atoms with Crippen LogP contribution in [-0.4, -0.2) is 6.61 Å². The quantitative estimate of drug-likeness (QED) is 0.654. The Labute approximate surface area is 112 Å². The van der Waals surface area contributed by atoms with Crippen LogP contribution < -0.4 is 10.5 Å². The monoisotopic (exact) mass is 261 g/mol. The van der Waals surface area contributed by atoms with E-state index in [2.05, 4.69) is 0 Å². The van der Waals surface area contributed by atoms with Crippen molar-refractivity contribution in [3.63, 3.8) is 0 Å². The van der Waals surface area contributed by atoms with E-state index in [0.717, 1.165) is 29.3 Å². The fourth-order valence-electron chi connectivity index (χ4n) is 1.72. The molecule has 0 saturated carbocycles. The van der Waals surface area contributed by atoms with Crippen molar-refractivity contribution in [1.82, 2.24) is 0 Å². The Kier molecular flexibility index (Phi) is 4.48. The van der Waals surface area contributed by atoms with Crippen molar-refractivity contribution >= 4 is 17.3 Å². The van der Waals surface area contributed by atoms with E-state index in [1.165, 1.54) is 5.56 Å². The van der Waals surface area contributed by atoms with Gasteiger partial charge in [0.25, 0.3) is 0 Å². The van der Waals surface area contributed by atoms with E-state index in [1.807, 2.05) is 48.5 Å². The minimum Gasteiger partial charge on any atom is -0.494 e. The highest BCUT2D eigenvalue weighted by atomic mass is 35.5. The number of hydrogen-bond donors (Lipinski definition) is 1. The Hall–Kier alpha value is -1.67. The molecule has 0 bridgehead atoms. The Morgan fingerprint density at radius 1 is 1.00 bits per heavy atom. The zero-order valence-electron chi connectivity index (χ0n) is 10.1. The van der Waals surface area contributed by atoms with Gasteiger partial charge in [0.2, 0.25) is 0 Å². The Bertz CT molecular complexity index is 496. The normalized spacial score (nSPS) is 10.3. The number of hydrogen-bond acceptors (Lipinski definition) is 2. The van der Waals surface area contributed by atoms with E-state index in [9.17, 15) is 0 Å². The third-order valence-corrected chi connectivity index (χ3v) is 3.07. The van der Waals surface area contributed by atoms with Gasteiger partial charge in [-0.15, -0.1) is 0 Å². The number of anilines is 1. The lowest BCUT2D eigenvalue weighted by Crippen LogP contribution is -1.99. The summed E-state index contributed by atoms with van der Waals surface area (Å²) in [5.74, 6) is 0.850. The summed E-state index contributed by atoms with van der Waals surface area (Å²) >= 11 is 6.08. The second-order valence-electron chi connectivity index (χ2n) is 4.11. The second kappa shape index (κ2) is 6.31. The van der Waals surface area contributed by atoms with Crippen LogP contribution in [-0.2, 0) is 6.42 Å². The van der Waals surface area contributed by atoms with Crippen molar-refractivity contribution < 1.29 is 4.74 Å². The highest BCUT2D eigenvalue weighted by molar-refractivity contribution is 6.31. The molecular weight excluding hydrogens is 246 g/mol. The molecule has 0 heterocycles. The third-order valence-electron chi connectivity index (χ3n) is 2.70. The van der Waals surface area contributed by atoms with E-state index in [1.54, 1.807) is 0 Å². The van der Waals surface area contributed by atoms with Crippen molar-refractivity contribution in [3.8, 4) is 5.75 Å². The average molecular weight is 262 g/mol. The van der Waals surface area contributed by atoms with Crippen LogP contribution in [0.5, 0.6) is 5.75 Å². The van der Waals surface area contributed by atoms with Crippen molar-refractivity contribution in [1.29, 1.82) is 0 Å². The molecule has 0 fully saturated rings. The first kappa shape index (κ1) is 12.8. The maximum atomic E-state index is 6.08. The number of aryl methyl sites for hydroxylation is 1. The maximum absolute atomic E-state index is 6.08. The van der Waals surface area contributed by atoms with E-state index in [0.29, 0.717) is 6.61 Å². The maximum Gasteiger partial charge on any atom is 0.119 e. The first-order valence-electron chi connectivity index (χ1n) is 5.97. The molecule has 0 radical (unpaired) electrons. The zero-order chi connectivity index (χ0) is 12.8. The van der Waals surface area contributed by atoms with Crippen molar-refractivity contribution in [2.75, 3.05) is 12.3 Å². The Morgan fingerprint density at radius 3 is 2.44 bits per heavy atom. The zero-order valence-corrected chi connectivity index (χ0v) is 10.9. The van der Waals surface area contributed by atoms with Crippen LogP contribution in [0.3, 0.4) is 0 Å². The molecule has 2 rings (SSSR count). The molecule has 0 aliphatic heterocycles. The molecule has 0 atom stereocenters. The largest absolute Gasteiger partial charge is 0.494 e. The molecule has 0 amide bonds. The number of nitrogen functional groups attached to an aromatic ring is 1. The van der Waals surface area contributed by atoms with Crippen molar-refractivity contribution in [2.45, 2.75) is 12.8 Å². The fraction of sp³-hybridized carbons (Fsp3) is 0.200. The molecule has 0 aliphatic rings. The predicted molar refractivity (Wildman–Crippen MR) is 76.1 cm³/mol. The summed E-state index contributed by atoms with van der Waals surface area (Å²) in [6, 6.07) is 15.3. The lowest BCUT2D eigenvalue weighted by atomic mass is 10.1. The van der Waals surface area contributed by atoms with Gasteiger partial charge in [-0.3, -0.25) is 0 Å². The van der Waals surface area contributed by atoms with Crippen LogP contribution in [0.2, 0.25) is 5.02 Å². The summed E-state index contributed by atoms with van der Waals surface area (Å²) in [6.07, 6.45) is 1.86. The van der Waals surface area contributed by atoms with Crippen molar-refractivity contribution in [2.24, 2.45) is 0 Å². The van der Waals surface area contributed by atoms with Gasteiger partial charge in [-0.25, -0.2) is 0 Å². The van der Waals surface area contributed by atoms with Gasteiger partial charge >= 0.3 is 0 Å². The van der Waals surface area contributed by atoms with Crippen LogP contribution >= 0.6 is 11.6 Å². The standard InChI is InChI=1S/C15H16ClNO/c16-15-6-2-1-4-12(15)5-3-11-18-14-9-7-13(17)8-10-14/h1-2,4,6-10H,3,5,11,17H2. The molecule has 3 heteroatoms. The molecule has 2 aromatic carbocycles. The number of rotatable bonds is 5. The average Bonchev–Trinajstić information content (AvgIpc) is 2.39. The number of halogens is 1. The number of nitrogens with two attached hydrogens (primary N) is 1. The van der Waals surface area contributed by atoms with Crippen LogP contribution in [0, 0.1) is 0 Å². The molecule has 0 unspecified atom stereocenters. The predicted octanol–water partition coefficient (Wildman–Crippen LogP) is 3.93. The van der Waals surface area contributed by atoms with Crippen LogP contribution in [0.4, 0.5) is 5.69 Å². The molecule has 0 aliphatic carbocycles. The summed E-state index contributed by atoms with van der Waals surface area (Å²) in [6.45, 7) is 0.676. The number of ether oxygens (including phenoxy) is 1. The Balaban J connectivity index is 1.76. The van der Waals surface area contributed by atoms with E-state index in [4.69, 9.17) is 22.1 Å². The van der Waals surface area contributed by atoms with Crippen LogP contribution in [0.1, 0.15) is 12.0 Å². The second-order valence-corrected chi connectivity index (χ2v) is 4.52. The van der Waals surface area contributed by atoms with Gasteiger partial charge in [-0.2, -0.15) is 0 Å². The highest BCUT2D eigenvalue weighted by Crippen LogP contribution is 2.17. The van der Waals surface area contributed by atoms with Crippen LogP contribution in [0.15, 0.2) is 48.5 Å². The van der Waals surface area contributed by atoms with Gasteiger partial charge in [-0.05, 0) is 48.7 Å². The molecule has 2 aromatic rings. The molecule has 0 aromatic heterocycles. The highest BCUT2D eigenvalue weighted by Gasteiger charge is 1.99. The third kappa shape index (κ3) is 3.67. The molecule has 2 N–H and O–H groups in total. The van der Waals surface area contributed by atoms with E-state index >= 15 is 0 Å². The lowest BCUT2D eigenvalue weighted by molar-refractivity contribution is 0.311. The van der Waals surface area contributed by atoms with Gasteiger partial charge in [0.1, 0.15) is 5.75 Å². The first-order chi connectivity index (χ1) is 8.75. The molecule has 0 spiro atoms. The molecule has 0 saturated heterocycles. The van der Waals surface area contributed by atoms with E-state index in [-0.39, 0.29) is 0 Å². The smallest absolute Gasteiger partial charge is 0.119 e. The van der Waals surface area contributed by atoms with Gasteiger partial charge < -0.3 is 10.5 Å². The van der Waals surface area contributed by atoms with E-state index < -0.39 is 0 Å². The SMILES string of the molecule is Nc1ccc(OCCCc2ccccc2Cl)cc1. The molecular formula is C15H16ClNO. The fourth-order valence-corrected chi connectivity index (χ4v) is 1.95. The van der Waals surface area contributed by atoms with Crippen LogP contribution in [0.25, 0.3) is 0 Å². The minimum atomic E-state index is 0.676. The summed E-state index contributed by atoms with van der Waals surface area (Å²) in [5, 5.41) is 0.824. The first-order valence-corrected chi connectivity index (χ1v) is 6.35.